The third kappa shape index (κ3) is 5.08. The van der Waals surface area contributed by atoms with Crippen LogP contribution in [0.1, 0.15) is 22.7 Å². The summed E-state index contributed by atoms with van der Waals surface area (Å²) in [6, 6.07) is 22.8. The van der Waals surface area contributed by atoms with Gasteiger partial charge in [0.1, 0.15) is 17.2 Å². The molecule has 0 aliphatic rings. The summed E-state index contributed by atoms with van der Waals surface area (Å²) in [7, 11) is 4.82. The van der Waals surface area contributed by atoms with Crippen molar-refractivity contribution < 1.29 is 19.0 Å². The Morgan fingerprint density at radius 3 is 2.03 bits per heavy atom. The van der Waals surface area contributed by atoms with Crippen LogP contribution < -0.4 is 19.5 Å². The summed E-state index contributed by atoms with van der Waals surface area (Å²) in [5.74, 6) is 2.00. The lowest BCUT2D eigenvalue weighted by molar-refractivity contribution is -0.121. The fourth-order valence-electron chi connectivity index (χ4n) is 3.21. The molecule has 0 aromatic heterocycles. The lowest BCUT2D eigenvalue weighted by atomic mass is 9.98. The number of nitrogens with one attached hydrogen (secondary N) is 1. The molecule has 0 aliphatic carbocycles. The van der Waals surface area contributed by atoms with Crippen molar-refractivity contribution in [2.24, 2.45) is 0 Å². The maximum absolute atomic E-state index is 12.9. The van der Waals surface area contributed by atoms with Crippen LogP contribution >= 0.6 is 0 Å². The number of benzene rings is 3. The van der Waals surface area contributed by atoms with E-state index < -0.39 is 0 Å². The molecule has 1 amide bonds. The van der Waals surface area contributed by atoms with E-state index in [0.717, 1.165) is 22.4 Å². The molecule has 1 unspecified atom stereocenters. The van der Waals surface area contributed by atoms with E-state index in [2.05, 4.69) is 5.32 Å². The molecule has 3 aromatic rings. The van der Waals surface area contributed by atoms with Gasteiger partial charge in [-0.25, -0.2) is 0 Å². The van der Waals surface area contributed by atoms with E-state index in [1.54, 1.807) is 27.4 Å². The summed E-state index contributed by atoms with van der Waals surface area (Å²) in [5.41, 5.74) is 2.75. The molecule has 0 saturated heterocycles. The lowest BCUT2D eigenvalue weighted by Gasteiger charge is -2.21. The number of carbonyl (C=O) groups excluding carboxylic acids is 1. The molecule has 29 heavy (non-hydrogen) atoms. The Labute approximate surface area is 171 Å². The number of methoxy groups -OCH3 is 3. The van der Waals surface area contributed by atoms with Gasteiger partial charge in [-0.05, 0) is 41.5 Å². The highest BCUT2D eigenvalue weighted by Crippen LogP contribution is 2.27. The van der Waals surface area contributed by atoms with Crippen LogP contribution in [0.25, 0.3) is 0 Å². The van der Waals surface area contributed by atoms with Crippen molar-refractivity contribution in [3.63, 3.8) is 0 Å². The van der Waals surface area contributed by atoms with Crippen molar-refractivity contribution in [2.45, 2.75) is 12.5 Å². The highest BCUT2D eigenvalue weighted by atomic mass is 16.5. The van der Waals surface area contributed by atoms with E-state index in [0.29, 0.717) is 11.5 Å². The van der Waals surface area contributed by atoms with E-state index in [-0.39, 0.29) is 18.4 Å². The van der Waals surface area contributed by atoms with Crippen LogP contribution in [0.4, 0.5) is 0 Å². The first kappa shape index (κ1) is 20.3. The third-order valence-electron chi connectivity index (χ3n) is 4.73. The molecule has 0 heterocycles. The summed E-state index contributed by atoms with van der Waals surface area (Å²) in [6.07, 6.45) is 0.180. The monoisotopic (exact) mass is 391 g/mol. The minimum atomic E-state index is -0.272. The Hall–Kier alpha value is -3.47. The van der Waals surface area contributed by atoms with Gasteiger partial charge in [0.2, 0.25) is 5.91 Å². The standard InChI is InChI=1S/C24H25NO4/c1-27-20-11-9-18(10-12-20)24(17-7-5-4-6-8-17)25-23(26)16-19-15-21(28-2)13-14-22(19)29-3/h4-15,24H,16H2,1-3H3,(H,25,26). The van der Waals surface area contributed by atoms with Gasteiger partial charge in [-0.15, -0.1) is 0 Å². The predicted molar refractivity (Wildman–Crippen MR) is 113 cm³/mol. The molecular formula is C24H25NO4. The third-order valence-corrected chi connectivity index (χ3v) is 4.73. The van der Waals surface area contributed by atoms with Gasteiger partial charge in [-0.1, -0.05) is 42.5 Å². The number of hydrogen-bond acceptors (Lipinski definition) is 4. The van der Waals surface area contributed by atoms with Crippen LogP contribution in [0.3, 0.4) is 0 Å². The molecule has 0 bridgehead atoms. The normalized spacial score (nSPS) is 11.4. The smallest absolute Gasteiger partial charge is 0.225 e. The zero-order valence-electron chi connectivity index (χ0n) is 16.8. The molecule has 0 radical (unpaired) electrons. The van der Waals surface area contributed by atoms with Crippen LogP contribution in [0.2, 0.25) is 0 Å². The first-order valence-electron chi connectivity index (χ1n) is 9.33. The molecule has 3 rings (SSSR count). The quantitative estimate of drug-likeness (QED) is 0.626. The molecule has 0 spiro atoms. The molecule has 5 heteroatoms. The zero-order valence-corrected chi connectivity index (χ0v) is 16.8. The van der Waals surface area contributed by atoms with Crippen LogP contribution in [0, 0.1) is 0 Å². The van der Waals surface area contributed by atoms with E-state index in [1.807, 2.05) is 66.7 Å². The Balaban J connectivity index is 1.85. The average molecular weight is 391 g/mol. The second-order valence-electron chi connectivity index (χ2n) is 6.54. The van der Waals surface area contributed by atoms with Gasteiger partial charge in [-0.2, -0.15) is 0 Å². The first-order chi connectivity index (χ1) is 14.1. The highest BCUT2D eigenvalue weighted by molar-refractivity contribution is 5.80. The minimum Gasteiger partial charge on any atom is -0.497 e. The number of ether oxygens (including phenoxy) is 3. The van der Waals surface area contributed by atoms with E-state index >= 15 is 0 Å². The molecule has 3 aromatic carbocycles. The molecule has 1 atom stereocenters. The fourth-order valence-corrected chi connectivity index (χ4v) is 3.21. The zero-order chi connectivity index (χ0) is 20.6. The summed E-state index contributed by atoms with van der Waals surface area (Å²) in [6.45, 7) is 0. The van der Waals surface area contributed by atoms with E-state index in [1.165, 1.54) is 0 Å². The Morgan fingerprint density at radius 1 is 0.793 bits per heavy atom. The molecular weight excluding hydrogens is 366 g/mol. The van der Waals surface area contributed by atoms with Gasteiger partial charge in [0.25, 0.3) is 0 Å². The van der Waals surface area contributed by atoms with Crippen LogP contribution in [0.15, 0.2) is 72.8 Å². The van der Waals surface area contributed by atoms with Crippen molar-refractivity contribution in [1.29, 1.82) is 0 Å². The van der Waals surface area contributed by atoms with Gasteiger partial charge in [0, 0.05) is 5.56 Å². The second-order valence-corrected chi connectivity index (χ2v) is 6.54. The second kappa shape index (κ2) is 9.64. The molecule has 0 fully saturated rings. The number of carbonyl (C=O) groups is 1. The molecule has 1 N–H and O–H groups in total. The Bertz CT molecular complexity index is 939. The summed E-state index contributed by atoms with van der Waals surface area (Å²) < 4.78 is 15.9. The van der Waals surface area contributed by atoms with Gasteiger partial charge in [-0.3, -0.25) is 4.79 Å². The number of hydrogen-bond donors (Lipinski definition) is 1. The van der Waals surface area contributed by atoms with Gasteiger partial charge < -0.3 is 19.5 Å². The summed E-state index contributed by atoms with van der Waals surface area (Å²) in [4.78, 5) is 12.9. The average Bonchev–Trinajstić information content (AvgIpc) is 2.78. The molecule has 0 saturated carbocycles. The fraction of sp³-hybridized carbons (Fsp3) is 0.208. The first-order valence-corrected chi connectivity index (χ1v) is 9.33. The van der Waals surface area contributed by atoms with Crippen molar-refractivity contribution in [1.82, 2.24) is 5.32 Å². The Morgan fingerprint density at radius 2 is 1.41 bits per heavy atom. The van der Waals surface area contributed by atoms with Crippen LogP contribution in [-0.2, 0) is 11.2 Å². The van der Waals surface area contributed by atoms with Crippen molar-refractivity contribution >= 4 is 5.91 Å². The highest BCUT2D eigenvalue weighted by Gasteiger charge is 2.18. The predicted octanol–water partition coefficient (Wildman–Crippen LogP) is 4.16. The molecule has 150 valence electrons. The largest absolute Gasteiger partial charge is 0.497 e. The minimum absolute atomic E-state index is 0.110. The SMILES string of the molecule is COc1ccc(C(NC(=O)Cc2cc(OC)ccc2OC)c2ccccc2)cc1. The Kier molecular flexibility index (Phi) is 6.74. The summed E-state index contributed by atoms with van der Waals surface area (Å²) in [5, 5.41) is 3.15. The maximum atomic E-state index is 12.9. The van der Waals surface area contributed by atoms with Gasteiger partial charge >= 0.3 is 0 Å². The topological polar surface area (TPSA) is 56.8 Å². The van der Waals surface area contributed by atoms with Gasteiger partial charge in [0.05, 0.1) is 33.8 Å². The van der Waals surface area contributed by atoms with Crippen LogP contribution in [-0.4, -0.2) is 27.2 Å². The summed E-state index contributed by atoms with van der Waals surface area (Å²) >= 11 is 0. The van der Waals surface area contributed by atoms with Crippen molar-refractivity contribution in [3.05, 3.63) is 89.5 Å². The van der Waals surface area contributed by atoms with Gasteiger partial charge in [0.15, 0.2) is 0 Å². The van der Waals surface area contributed by atoms with Crippen molar-refractivity contribution in [2.75, 3.05) is 21.3 Å². The number of rotatable bonds is 8. The maximum Gasteiger partial charge on any atom is 0.225 e. The van der Waals surface area contributed by atoms with Crippen LogP contribution in [0.5, 0.6) is 17.2 Å². The van der Waals surface area contributed by atoms with E-state index in [4.69, 9.17) is 14.2 Å². The van der Waals surface area contributed by atoms with Crippen molar-refractivity contribution in [3.8, 4) is 17.2 Å². The lowest BCUT2D eigenvalue weighted by Crippen LogP contribution is -2.30. The number of amides is 1. The van der Waals surface area contributed by atoms with E-state index in [9.17, 15) is 4.79 Å². The molecule has 0 aliphatic heterocycles. The molecule has 5 nitrogen and oxygen atoms in total.